The van der Waals surface area contributed by atoms with Crippen molar-refractivity contribution in [3.05, 3.63) is 65.2 Å². The number of ether oxygens (including phenoxy) is 1. The van der Waals surface area contributed by atoms with Crippen molar-refractivity contribution in [1.29, 1.82) is 0 Å². The van der Waals surface area contributed by atoms with Crippen LogP contribution >= 0.6 is 11.3 Å². The summed E-state index contributed by atoms with van der Waals surface area (Å²) in [6, 6.07) is 14.7. The number of aliphatic hydroxyl groups excluding tert-OH is 1. The molecular weight excluding hydrogens is 510 g/mol. The topological polar surface area (TPSA) is 132 Å². The van der Waals surface area contributed by atoms with Crippen LogP contribution in [-0.4, -0.2) is 54.5 Å². The molecule has 4 N–H and O–H groups in total. The summed E-state index contributed by atoms with van der Waals surface area (Å²) in [5.41, 5.74) is 7.21. The first-order chi connectivity index (χ1) is 17.8. The maximum atomic E-state index is 14.5. The summed E-state index contributed by atoms with van der Waals surface area (Å²) < 4.78 is 33.3. The third kappa shape index (κ3) is 5.88. The highest BCUT2D eigenvalue weighted by molar-refractivity contribution is 7.92. The molecule has 0 spiro atoms. The van der Waals surface area contributed by atoms with Crippen molar-refractivity contribution in [1.82, 2.24) is 10.3 Å². The molecule has 0 radical (unpaired) electrons. The monoisotopic (exact) mass is 545 g/mol. The third-order valence-corrected chi connectivity index (χ3v) is 10.7. The molecule has 3 atom stereocenters. The highest BCUT2D eigenvalue weighted by atomic mass is 32.2. The van der Waals surface area contributed by atoms with E-state index in [0.29, 0.717) is 50.0 Å². The Kier molecular flexibility index (Phi) is 8.97. The van der Waals surface area contributed by atoms with Gasteiger partial charge < -0.3 is 20.9 Å². The molecule has 2 heterocycles. The number of sulfone groups is 1. The highest BCUT2D eigenvalue weighted by Crippen LogP contribution is 2.44. The van der Waals surface area contributed by atoms with E-state index in [1.54, 1.807) is 24.3 Å². The van der Waals surface area contributed by atoms with Crippen LogP contribution in [0.2, 0.25) is 0 Å². The number of aliphatic hydroxyl groups is 1. The molecule has 3 aromatic rings. The molecule has 0 bridgehead atoms. The number of aromatic nitrogens is 1. The van der Waals surface area contributed by atoms with Crippen molar-refractivity contribution in [2.75, 3.05) is 13.2 Å². The van der Waals surface area contributed by atoms with Gasteiger partial charge in [0.2, 0.25) is 5.91 Å². The number of unbranched alkanes of at least 4 members (excludes halogenated alkanes) is 1. The van der Waals surface area contributed by atoms with Gasteiger partial charge in [-0.05, 0) is 37.0 Å². The maximum Gasteiger partial charge on any atom is 0.236 e. The Morgan fingerprint density at radius 2 is 1.86 bits per heavy atom. The average molecular weight is 546 g/mol. The van der Waals surface area contributed by atoms with Crippen LogP contribution in [0.5, 0.6) is 0 Å². The number of para-hydroxylation sites is 1. The second kappa shape index (κ2) is 12.0. The minimum atomic E-state index is -4.17. The predicted octanol–water partition coefficient (Wildman–Crippen LogP) is 3.50. The van der Waals surface area contributed by atoms with Crippen molar-refractivity contribution in [2.45, 2.75) is 67.7 Å². The van der Waals surface area contributed by atoms with Gasteiger partial charge in [-0.1, -0.05) is 62.2 Å². The van der Waals surface area contributed by atoms with E-state index in [0.717, 1.165) is 4.70 Å². The van der Waals surface area contributed by atoms with Gasteiger partial charge in [0.05, 0.1) is 16.0 Å². The number of nitrogens with two attached hydrogens (primary N) is 1. The number of primary amides is 1. The number of benzene rings is 2. The van der Waals surface area contributed by atoms with E-state index in [2.05, 4.69) is 10.3 Å². The van der Waals surface area contributed by atoms with Crippen molar-refractivity contribution >= 4 is 37.3 Å². The number of rotatable bonds is 12. The van der Waals surface area contributed by atoms with Gasteiger partial charge in [-0.3, -0.25) is 4.79 Å². The lowest BCUT2D eigenvalue weighted by Gasteiger charge is -2.43. The van der Waals surface area contributed by atoms with Crippen LogP contribution in [-0.2, 0) is 25.1 Å². The van der Waals surface area contributed by atoms with Gasteiger partial charge in [0, 0.05) is 19.3 Å². The molecule has 1 aliphatic rings. The highest BCUT2D eigenvalue weighted by Gasteiger charge is 2.58. The number of carbonyl (C=O) groups is 1. The van der Waals surface area contributed by atoms with Gasteiger partial charge in [0.1, 0.15) is 21.9 Å². The Bertz CT molecular complexity index is 1260. The minimum Gasteiger partial charge on any atom is -0.384 e. The molecule has 1 fully saturated rings. The quantitative estimate of drug-likeness (QED) is 0.317. The second-order valence-electron chi connectivity index (χ2n) is 9.61. The maximum absolute atomic E-state index is 14.5. The van der Waals surface area contributed by atoms with E-state index in [-0.39, 0.29) is 23.2 Å². The molecule has 0 saturated carbocycles. The van der Waals surface area contributed by atoms with E-state index in [1.807, 2.05) is 37.3 Å². The van der Waals surface area contributed by atoms with Crippen LogP contribution in [0.25, 0.3) is 10.2 Å². The molecule has 3 unspecified atom stereocenters. The number of fused-ring (bicyclic) bond motifs is 1. The fourth-order valence-corrected chi connectivity index (χ4v) is 8.59. The van der Waals surface area contributed by atoms with E-state index in [1.165, 1.54) is 11.3 Å². The minimum absolute atomic E-state index is 0.0551. The molecule has 1 aromatic heterocycles. The van der Waals surface area contributed by atoms with Crippen LogP contribution in [0.4, 0.5) is 0 Å². The summed E-state index contributed by atoms with van der Waals surface area (Å²) in [5.74, 6) is -1.14. The SMILES string of the molecule is CCCCC(C(NC1CCOCC1)C(N)=O)(C(O)c1nc2ccccc2s1)S(=O)(=O)Cc1ccccc1. The van der Waals surface area contributed by atoms with Crippen molar-refractivity contribution < 1.29 is 23.1 Å². The fourth-order valence-electron chi connectivity index (χ4n) is 5.11. The molecular formula is C27H35N3O5S2. The standard InChI is InChI=1S/C27H35N3O5S2/c1-2-3-15-27(37(33,34)18-19-9-5-4-6-10-19,23(25(28)32)29-20-13-16-35-17-14-20)24(31)26-30-21-11-7-8-12-22(21)36-26/h4-12,20,23-24,29,31H,2-3,13-18H2,1H3,(H2,28,32). The number of nitrogens with one attached hydrogen (secondary N) is 1. The number of nitrogens with zero attached hydrogens (tertiary/aromatic N) is 1. The van der Waals surface area contributed by atoms with Crippen LogP contribution in [0.15, 0.2) is 54.6 Å². The van der Waals surface area contributed by atoms with Gasteiger partial charge in [-0.15, -0.1) is 11.3 Å². The first kappa shape index (κ1) is 27.7. The van der Waals surface area contributed by atoms with Crippen LogP contribution in [0.3, 0.4) is 0 Å². The van der Waals surface area contributed by atoms with E-state index in [4.69, 9.17) is 10.5 Å². The van der Waals surface area contributed by atoms with Gasteiger partial charge >= 0.3 is 0 Å². The molecule has 10 heteroatoms. The molecule has 8 nitrogen and oxygen atoms in total. The predicted molar refractivity (Wildman–Crippen MR) is 146 cm³/mol. The molecule has 4 rings (SSSR count). The zero-order chi connectivity index (χ0) is 26.5. The van der Waals surface area contributed by atoms with Gasteiger partial charge in [-0.2, -0.15) is 0 Å². The summed E-state index contributed by atoms with van der Waals surface area (Å²) in [6.07, 6.45) is 0.884. The van der Waals surface area contributed by atoms with Crippen molar-refractivity contribution in [3.8, 4) is 0 Å². The Balaban J connectivity index is 1.88. The lowest BCUT2D eigenvalue weighted by Crippen LogP contribution is -2.66. The molecule has 0 aliphatic carbocycles. The van der Waals surface area contributed by atoms with Crippen LogP contribution in [0.1, 0.15) is 55.7 Å². The van der Waals surface area contributed by atoms with Crippen molar-refractivity contribution in [3.63, 3.8) is 0 Å². The first-order valence-electron chi connectivity index (χ1n) is 12.7. The smallest absolute Gasteiger partial charge is 0.236 e. The molecule has 37 heavy (non-hydrogen) atoms. The first-order valence-corrected chi connectivity index (χ1v) is 15.2. The third-order valence-electron chi connectivity index (χ3n) is 7.10. The normalized spacial score (nSPS) is 18.3. The Hall–Kier alpha value is -2.37. The lowest BCUT2D eigenvalue weighted by molar-refractivity contribution is -0.122. The summed E-state index contributed by atoms with van der Waals surface area (Å²) in [6.45, 7) is 2.95. The number of thiazole rings is 1. The van der Waals surface area contributed by atoms with E-state index in [9.17, 15) is 18.3 Å². The number of hydrogen-bond acceptors (Lipinski definition) is 8. The Labute approximate surface area is 222 Å². The van der Waals surface area contributed by atoms with Gasteiger partial charge in [0.15, 0.2) is 9.84 Å². The van der Waals surface area contributed by atoms with Gasteiger partial charge in [0.25, 0.3) is 0 Å². The zero-order valence-electron chi connectivity index (χ0n) is 21.0. The largest absolute Gasteiger partial charge is 0.384 e. The van der Waals surface area contributed by atoms with Crippen LogP contribution < -0.4 is 11.1 Å². The van der Waals surface area contributed by atoms with Crippen molar-refractivity contribution in [2.24, 2.45) is 5.73 Å². The number of hydrogen-bond donors (Lipinski definition) is 3. The summed E-state index contributed by atoms with van der Waals surface area (Å²) in [5, 5.41) is 15.5. The Morgan fingerprint density at radius 1 is 1.19 bits per heavy atom. The molecule has 1 amide bonds. The summed E-state index contributed by atoms with van der Waals surface area (Å²) in [7, 11) is -4.17. The molecule has 1 aliphatic heterocycles. The van der Waals surface area contributed by atoms with E-state index < -0.39 is 32.6 Å². The summed E-state index contributed by atoms with van der Waals surface area (Å²) >= 11 is 1.24. The molecule has 1 saturated heterocycles. The molecule has 2 aromatic carbocycles. The average Bonchev–Trinajstić information content (AvgIpc) is 3.33. The summed E-state index contributed by atoms with van der Waals surface area (Å²) in [4.78, 5) is 17.7. The zero-order valence-corrected chi connectivity index (χ0v) is 22.6. The van der Waals surface area contributed by atoms with E-state index >= 15 is 0 Å². The Morgan fingerprint density at radius 3 is 2.51 bits per heavy atom. The lowest BCUT2D eigenvalue weighted by atomic mass is 9.85. The number of carbonyl (C=O) groups excluding carboxylic acids is 1. The van der Waals surface area contributed by atoms with Crippen LogP contribution in [0, 0.1) is 0 Å². The molecule has 200 valence electrons. The number of amides is 1. The fraction of sp³-hybridized carbons (Fsp3) is 0.481. The second-order valence-corrected chi connectivity index (χ2v) is 13.0. The van der Waals surface area contributed by atoms with Gasteiger partial charge in [-0.25, -0.2) is 13.4 Å².